The third kappa shape index (κ3) is 5.44. The van der Waals surface area contributed by atoms with E-state index in [1.165, 1.54) is 0 Å². The van der Waals surface area contributed by atoms with Gasteiger partial charge in [0.05, 0.1) is 18.3 Å². The van der Waals surface area contributed by atoms with Crippen LogP contribution in [-0.2, 0) is 20.1 Å². The van der Waals surface area contributed by atoms with E-state index in [1.807, 2.05) is 73.3 Å². The Morgan fingerprint density at radius 2 is 1.86 bits per heavy atom. The molecule has 3 aromatic rings. The predicted octanol–water partition coefficient (Wildman–Crippen LogP) is 4.23. The average Bonchev–Trinajstić information content (AvgIpc) is 3.11. The first kappa shape index (κ1) is 20.6. The van der Waals surface area contributed by atoms with Gasteiger partial charge in [0.1, 0.15) is 5.82 Å². The van der Waals surface area contributed by atoms with E-state index in [9.17, 15) is 4.79 Å². The Morgan fingerprint density at radius 3 is 2.48 bits per heavy atom. The number of imidazole rings is 1. The van der Waals surface area contributed by atoms with Crippen molar-refractivity contribution < 1.29 is 4.79 Å². The molecule has 0 radical (unpaired) electrons. The van der Waals surface area contributed by atoms with Crippen LogP contribution < -0.4 is 5.32 Å². The lowest BCUT2D eigenvalue weighted by Crippen LogP contribution is -2.43. The highest BCUT2D eigenvalue weighted by Gasteiger charge is 2.25. The summed E-state index contributed by atoms with van der Waals surface area (Å²) < 4.78 is 1.95. The topological polar surface area (TPSA) is 63.1 Å². The van der Waals surface area contributed by atoms with Gasteiger partial charge in [-0.15, -0.1) is 0 Å². The van der Waals surface area contributed by atoms with Crippen molar-refractivity contribution in [3.05, 3.63) is 83.7 Å². The quantitative estimate of drug-likeness (QED) is 0.655. The van der Waals surface area contributed by atoms with Gasteiger partial charge in [0.25, 0.3) is 0 Å². The van der Waals surface area contributed by atoms with Gasteiger partial charge in [-0.25, -0.2) is 9.78 Å². The lowest BCUT2D eigenvalue weighted by molar-refractivity contribution is 0.182. The summed E-state index contributed by atoms with van der Waals surface area (Å²) in [4.78, 5) is 24.1. The number of urea groups is 1. The number of hydrogen-bond acceptors (Lipinski definition) is 3. The molecule has 0 fully saturated rings. The van der Waals surface area contributed by atoms with E-state index in [4.69, 9.17) is 0 Å². The number of benzene rings is 1. The van der Waals surface area contributed by atoms with Crippen LogP contribution in [0.4, 0.5) is 4.79 Å². The molecule has 3 rings (SSSR count). The van der Waals surface area contributed by atoms with Crippen molar-refractivity contribution in [3.8, 4) is 0 Å². The van der Waals surface area contributed by atoms with E-state index in [2.05, 4.69) is 29.1 Å². The first-order valence-electron chi connectivity index (χ1n) is 9.93. The van der Waals surface area contributed by atoms with Gasteiger partial charge in [-0.05, 0) is 30.5 Å². The van der Waals surface area contributed by atoms with Gasteiger partial charge in [-0.3, -0.25) is 4.98 Å². The number of nitrogens with one attached hydrogen (secondary N) is 1. The Balaban J connectivity index is 1.83. The second-order valence-corrected chi connectivity index (χ2v) is 7.68. The molecule has 1 aromatic carbocycles. The average molecular weight is 392 g/mol. The highest BCUT2D eigenvalue weighted by atomic mass is 16.2. The largest absolute Gasteiger partial charge is 0.336 e. The van der Waals surface area contributed by atoms with Gasteiger partial charge in [0.2, 0.25) is 0 Å². The number of aryl methyl sites for hydroxylation is 2. The van der Waals surface area contributed by atoms with Crippen molar-refractivity contribution in [2.24, 2.45) is 13.0 Å². The molecule has 1 N–H and O–H groups in total. The van der Waals surface area contributed by atoms with E-state index in [0.717, 1.165) is 22.8 Å². The van der Waals surface area contributed by atoms with Crippen LogP contribution in [0.2, 0.25) is 0 Å². The minimum atomic E-state index is -0.175. The van der Waals surface area contributed by atoms with Crippen molar-refractivity contribution in [3.63, 3.8) is 0 Å². The van der Waals surface area contributed by atoms with E-state index in [0.29, 0.717) is 13.1 Å². The zero-order valence-electron chi connectivity index (χ0n) is 17.5. The van der Waals surface area contributed by atoms with Crippen LogP contribution >= 0.6 is 0 Å². The minimum absolute atomic E-state index is 0.126. The maximum atomic E-state index is 13.3. The third-order valence-electron chi connectivity index (χ3n) is 4.88. The Bertz CT molecular complexity index is 935. The summed E-state index contributed by atoms with van der Waals surface area (Å²) in [5, 5.41) is 3.19. The van der Waals surface area contributed by atoms with Crippen molar-refractivity contribution >= 4 is 6.03 Å². The zero-order valence-corrected chi connectivity index (χ0v) is 17.5. The smallest absolute Gasteiger partial charge is 0.318 e. The van der Waals surface area contributed by atoms with Crippen LogP contribution in [-0.4, -0.2) is 25.5 Å². The van der Waals surface area contributed by atoms with E-state index < -0.39 is 0 Å². The molecule has 0 unspecified atom stereocenters. The number of nitrogens with zero attached hydrogens (tertiary/aromatic N) is 4. The summed E-state index contributed by atoms with van der Waals surface area (Å²) in [6, 6.07) is 15.6. The third-order valence-corrected chi connectivity index (χ3v) is 4.88. The Kier molecular flexibility index (Phi) is 6.65. The van der Waals surface area contributed by atoms with Gasteiger partial charge in [0, 0.05) is 31.7 Å². The summed E-state index contributed by atoms with van der Waals surface area (Å²) >= 11 is 0. The van der Waals surface area contributed by atoms with Crippen LogP contribution in [0.1, 0.15) is 42.7 Å². The van der Waals surface area contributed by atoms with Crippen LogP contribution in [0.25, 0.3) is 0 Å². The number of pyridine rings is 1. The molecule has 2 amide bonds. The molecule has 6 nitrogen and oxygen atoms in total. The number of carbonyl (C=O) groups excluding carboxylic acids is 1. The van der Waals surface area contributed by atoms with Gasteiger partial charge in [-0.2, -0.15) is 0 Å². The van der Waals surface area contributed by atoms with E-state index in [-0.39, 0.29) is 18.0 Å². The van der Waals surface area contributed by atoms with Crippen molar-refractivity contribution in [2.75, 3.05) is 0 Å². The minimum Gasteiger partial charge on any atom is -0.336 e. The molecule has 0 aliphatic carbocycles. The standard InChI is InChI=1S/C23H29N5O/c1-17(2)21(22-24-13-14-27(22)4)26-23(29)28(15-19-10-6-5-7-11-19)16-20-12-8-9-18(3)25-20/h5-14,17,21H,15-16H2,1-4H3,(H,26,29)/t21-/m0/s1. The molecule has 0 bridgehead atoms. The van der Waals surface area contributed by atoms with Crippen molar-refractivity contribution in [1.29, 1.82) is 0 Å². The molecule has 0 saturated carbocycles. The van der Waals surface area contributed by atoms with Crippen LogP contribution in [0.5, 0.6) is 0 Å². The molecule has 0 aliphatic heterocycles. The number of rotatable bonds is 7. The first-order chi connectivity index (χ1) is 13.9. The second-order valence-electron chi connectivity index (χ2n) is 7.68. The lowest BCUT2D eigenvalue weighted by Gasteiger charge is -2.28. The molecule has 2 aromatic heterocycles. The van der Waals surface area contributed by atoms with Crippen LogP contribution in [0.15, 0.2) is 60.9 Å². The molecule has 152 valence electrons. The van der Waals surface area contributed by atoms with Gasteiger partial charge >= 0.3 is 6.03 Å². The summed E-state index contributed by atoms with van der Waals surface area (Å²) in [7, 11) is 1.95. The first-order valence-corrected chi connectivity index (χ1v) is 9.93. The van der Waals surface area contributed by atoms with Crippen molar-refractivity contribution in [2.45, 2.75) is 39.9 Å². The summed E-state index contributed by atoms with van der Waals surface area (Å²) in [6.45, 7) is 7.08. The van der Waals surface area contributed by atoms with Gasteiger partial charge < -0.3 is 14.8 Å². The fourth-order valence-electron chi connectivity index (χ4n) is 3.32. The fraction of sp³-hybridized carbons (Fsp3) is 0.348. The van der Waals surface area contributed by atoms with Crippen LogP contribution in [0, 0.1) is 12.8 Å². The van der Waals surface area contributed by atoms with E-state index in [1.54, 1.807) is 11.1 Å². The zero-order chi connectivity index (χ0) is 20.8. The molecular formula is C23H29N5O. The molecule has 29 heavy (non-hydrogen) atoms. The maximum absolute atomic E-state index is 13.3. The lowest BCUT2D eigenvalue weighted by atomic mass is 10.0. The summed E-state index contributed by atoms with van der Waals surface area (Å²) in [5.74, 6) is 1.05. The highest BCUT2D eigenvalue weighted by Crippen LogP contribution is 2.21. The number of hydrogen-bond donors (Lipinski definition) is 1. The molecule has 0 spiro atoms. The molecule has 0 aliphatic rings. The Hall–Kier alpha value is -3.15. The summed E-state index contributed by atoms with van der Waals surface area (Å²) in [5.41, 5.74) is 2.89. The predicted molar refractivity (Wildman–Crippen MR) is 114 cm³/mol. The molecule has 0 saturated heterocycles. The normalized spacial score (nSPS) is 12.0. The monoisotopic (exact) mass is 391 g/mol. The van der Waals surface area contributed by atoms with Crippen molar-refractivity contribution in [1.82, 2.24) is 24.8 Å². The Morgan fingerprint density at radius 1 is 1.10 bits per heavy atom. The highest BCUT2D eigenvalue weighted by molar-refractivity contribution is 5.74. The number of carbonyl (C=O) groups is 1. The summed E-state index contributed by atoms with van der Waals surface area (Å²) in [6.07, 6.45) is 3.66. The number of aromatic nitrogens is 3. The number of amides is 2. The molecule has 1 atom stereocenters. The maximum Gasteiger partial charge on any atom is 0.318 e. The SMILES string of the molecule is Cc1cccc(CN(Cc2ccccc2)C(=O)N[C@H](c2nccn2C)C(C)C)n1. The molecule has 6 heteroatoms. The van der Waals surface area contributed by atoms with Crippen LogP contribution in [0.3, 0.4) is 0 Å². The fourth-order valence-corrected chi connectivity index (χ4v) is 3.32. The molecule has 2 heterocycles. The van der Waals surface area contributed by atoms with Gasteiger partial charge in [-0.1, -0.05) is 50.2 Å². The Labute approximate surface area is 172 Å². The second kappa shape index (κ2) is 9.37. The molecular weight excluding hydrogens is 362 g/mol. The van der Waals surface area contributed by atoms with E-state index >= 15 is 0 Å². The van der Waals surface area contributed by atoms with Gasteiger partial charge in [0.15, 0.2) is 0 Å².